The van der Waals surface area contributed by atoms with Crippen LogP contribution in [0, 0.1) is 34.5 Å². The van der Waals surface area contributed by atoms with E-state index in [2.05, 4.69) is 32.1 Å². The molecule has 0 radical (unpaired) electrons. The first-order chi connectivity index (χ1) is 14.5. The predicted octanol–water partition coefficient (Wildman–Crippen LogP) is 6.87. The van der Waals surface area contributed by atoms with E-state index in [1.807, 2.05) is 19.1 Å². The van der Waals surface area contributed by atoms with Gasteiger partial charge in [0.15, 0.2) is 0 Å². The van der Waals surface area contributed by atoms with Crippen LogP contribution in [0.4, 0.5) is 0 Å². The van der Waals surface area contributed by atoms with Crippen LogP contribution in [0.15, 0.2) is 29.8 Å². The summed E-state index contributed by atoms with van der Waals surface area (Å²) in [5.41, 5.74) is 3.09. The van der Waals surface area contributed by atoms with Gasteiger partial charge in [-0.2, -0.15) is 0 Å². The summed E-state index contributed by atoms with van der Waals surface area (Å²) in [7, 11) is 0. The number of benzene rings is 1. The molecule has 0 amide bonds. The van der Waals surface area contributed by atoms with Crippen molar-refractivity contribution in [2.45, 2.75) is 84.7 Å². The number of rotatable bonds is 3. The summed E-state index contributed by atoms with van der Waals surface area (Å²) in [6, 6.07) is 8.36. The fraction of sp³-hybridized carbons (Fsp3) is 0.714. The van der Waals surface area contributed by atoms with Crippen LogP contribution >= 0.6 is 0 Å². The first-order valence-corrected chi connectivity index (χ1v) is 12.6. The normalized spacial score (nSPS) is 44.3. The highest BCUT2D eigenvalue weighted by atomic mass is 16.5. The van der Waals surface area contributed by atoms with Crippen molar-refractivity contribution in [2.75, 3.05) is 6.61 Å². The third kappa shape index (κ3) is 3.17. The molecule has 2 heteroatoms. The standard InChI is InChI=1S/C28H40O2/c1-4-30-22-11-8-19(9-12-22)17-20-18-25-23-13-10-21-7-5-6-15-27(21,2)24(23)14-16-28(25,3)26(20)29/h8-9,11-12,17,21,23-26,29H,4-7,10,13-16,18H2,1-3H3/b20-17-/t21?,23?,24?,25?,26?,27-,28-/m1/s1. The molecule has 5 unspecified atom stereocenters. The SMILES string of the molecule is CCOc1ccc(/C=C2/CC3C4CCC5CCCC[C@@]5(C)C4CC[C@@]3(C)C2O)cc1. The molecule has 0 saturated heterocycles. The summed E-state index contributed by atoms with van der Waals surface area (Å²) in [6.45, 7) is 7.74. The molecule has 164 valence electrons. The lowest BCUT2D eigenvalue weighted by Gasteiger charge is -2.60. The molecule has 4 aliphatic carbocycles. The molecule has 30 heavy (non-hydrogen) atoms. The van der Waals surface area contributed by atoms with Gasteiger partial charge in [-0.1, -0.05) is 44.9 Å². The van der Waals surface area contributed by atoms with Gasteiger partial charge in [0, 0.05) is 5.41 Å². The lowest BCUT2D eigenvalue weighted by atomic mass is 9.45. The molecule has 1 N–H and O–H groups in total. The minimum atomic E-state index is -0.285. The first-order valence-electron chi connectivity index (χ1n) is 12.6. The van der Waals surface area contributed by atoms with E-state index < -0.39 is 0 Å². The number of hydrogen-bond donors (Lipinski definition) is 1. The molecule has 0 heterocycles. The van der Waals surface area contributed by atoms with E-state index in [9.17, 15) is 5.11 Å². The second-order valence-electron chi connectivity index (χ2n) is 11.3. The highest BCUT2D eigenvalue weighted by Crippen LogP contribution is 2.67. The van der Waals surface area contributed by atoms with E-state index in [-0.39, 0.29) is 11.5 Å². The molecule has 0 spiro atoms. The van der Waals surface area contributed by atoms with Crippen LogP contribution in [-0.4, -0.2) is 17.8 Å². The van der Waals surface area contributed by atoms with Crippen LogP contribution in [0.2, 0.25) is 0 Å². The van der Waals surface area contributed by atoms with Crippen molar-refractivity contribution < 1.29 is 9.84 Å². The van der Waals surface area contributed by atoms with E-state index in [0.717, 1.165) is 29.9 Å². The molecule has 1 aromatic rings. The molecule has 1 aromatic carbocycles. The third-order valence-corrected chi connectivity index (χ3v) is 10.00. The zero-order valence-electron chi connectivity index (χ0n) is 19.2. The maximum Gasteiger partial charge on any atom is 0.119 e. The Bertz CT molecular complexity index is 795. The molecule has 0 bridgehead atoms. The molecule has 0 aliphatic heterocycles. The second kappa shape index (κ2) is 7.69. The lowest BCUT2D eigenvalue weighted by Crippen LogP contribution is -2.53. The Hall–Kier alpha value is -1.28. The van der Waals surface area contributed by atoms with Crippen LogP contribution in [0.25, 0.3) is 6.08 Å². The van der Waals surface area contributed by atoms with Crippen molar-refractivity contribution in [3.05, 3.63) is 35.4 Å². The molecule has 4 aliphatic rings. The summed E-state index contributed by atoms with van der Waals surface area (Å²) in [5.74, 6) is 4.23. The van der Waals surface area contributed by atoms with E-state index in [1.54, 1.807) is 0 Å². The van der Waals surface area contributed by atoms with Gasteiger partial charge in [0.25, 0.3) is 0 Å². The minimum absolute atomic E-state index is 0.0656. The quantitative estimate of drug-likeness (QED) is 0.591. The monoisotopic (exact) mass is 408 g/mol. The van der Waals surface area contributed by atoms with Crippen molar-refractivity contribution in [1.29, 1.82) is 0 Å². The van der Waals surface area contributed by atoms with Crippen LogP contribution in [0.3, 0.4) is 0 Å². The number of aliphatic hydroxyl groups excluding tert-OH is 1. The maximum absolute atomic E-state index is 11.4. The number of fused-ring (bicyclic) bond motifs is 5. The molecular formula is C28H40O2. The van der Waals surface area contributed by atoms with Crippen LogP contribution in [0.1, 0.15) is 84.1 Å². The van der Waals surface area contributed by atoms with E-state index in [4.69, 9.17) is 4.74 Å². The van der Waals surface area contributed by atoms with E-state index in [1.165, 1.54) is 62.5 Å². The van der Waals surface area contributed by atoms with Crippen molar-refractivity contribution >= 4 is 6.08 Å². The van der Waals surface area contributed by atoms with Crippen molar-refractivity contribution in [1.82, 2.24) is 0 Å². The summed E-state index contributed by atoms with van der Waals surface area (Å²) in [6.07, 6.45) is 14.2. The van der Waals surface area contributed by atoms with Crippen LogP contribution in [-0.2, 0) is 0 Å². The van der Waals surface area contributed by atoms with Gasteiger partial charge in [-0.25, -0.2) is 0 Å². The Kier molecular flexibility index (Phi) is 5.29. The molecule has 4 saturated carbocycles. The van der Waals surface area contributed by atoms with Crippen molar-refractivity contribution in [2.24, 2.45) is 34.5 Å². The average Bonchev–Trinajstić information content (AvgIpc) is 3.00. The van der Waals surface area contributed by atoms with Gasteiger partial charge in [0.05, 0.1) is 12.7 Å². The topological polar surface area (TPSA) is 29.5 Å². The van der Waals surface area contributed by atoms with Crippen LogP contribution in [0.5, 0.6) is 5.75 Å². The summed E-state index contributed by atoms with van der Waals surface area (Å²) >= 11 is 0. The van der Waals surface area contributed by atoms with Gasteiger partial charge in [-0.3, -0.25) is 0 Å². The highest BCUT2D eigenvalue weighted by molar-refractivity contribution is 5.56. The largest absolute Gasteiger partial charge is 0.494 e. The fourth-order valence-corrected chi connectivity index (χ4v) is 8.33. The van der Waals surface area contributed by atoms with Crippen molar-refractivity contribution in [3.63, 3.8) is 0 Å². The van der Waals surface area contributed by atoms with E-state index >= 15 is 0 Å². The predicted molar refractivity (Wildman–Crippen MR) is 123 cm³/mol. The summed E-state index contributed by atoms with van der Waals surface area (Å²) in [5, 5.41) is 11.4. The zero-order valence-corrected chi connectivity index (χ0v) is 19.2. The van der Waals surface area contributed by atoms with Gasteiger partial charge in [0.2, 0.25) is 0 Å². The molecule has 2 nitrogen and oxygen atoms in total. The van der Waals surface area contributed by atoms with Gasteiger partial charge in [0.1, 0.15) is 5.75 Å². The van der Waals surface area contributed by atoms with Gasteiger partial charge in [-0.05, 0) is 104 Å². The lowest BCUT2D eigenvalue weighted by molar-refractivity contribution is -0.119. The highest BCUT2D eigenvalue weighted by Gasteiger charge is 2.60. The smallest absolute Gasteiger partial charge is 0.119 e. The molecular weight excluding hydrogens is 368 g/mol. The third-order valence-electron chi connectivity index (χ3n) is 10.00. The Balaban J connectivity index is 1.40. The fourth-order valence-electron chi connectivity index (χ4n) is 8.33. The zero-order chi connectivity index (χ0) is 20.9. The molecule has 7 atom stereocenters. The Labute approximate surface area is 183 Å². The molecule has 0 aromatic heterocycles. The first kappa shape index (κ1) is 20.6. The van der Waals surface area contributed by atoms with Gasteiger partial charge < -0.3 is 9.84 Å². The van der Waals surface area contributed by atoms with Gasteiger partial charge in [-0.15, -0.1) is 0 Å². The minimum Gasteiger partial charge on any atom is -0.494 e. The molecule has 4 fully saturated rings. The summed E-state index contributed by atoms with van der Waals surface area (Å²) < 4.78 is 5.59. The Morgan fingerprint density at radius 1 is 0.967 bits per heavy atom. The summed E-state index contributed by atoms with van der Waals surface area (Å²) in [4.78, 5) is 0. The van der Waals surface area contributed by atoms with E-state index in [0.29, 0.717) is 17.9 Å². The number of hydrogen-bond acceptors (Lipinski definition) is 2. The maximum atomic E-state index is 11.4. The van der Waals surface area contributed by atoms with Gasteiger partial charge >= 0.3 is 0 Å². The van der Waals surface area contributed by atoms with Crippen LogP contribution < -0.4 is 4.74 Å². The Morgan fingerprint density at radius 2 is 1.77 bits per heavy atom. The Morgan fingerprint density at radius 3 is 2.53 bits per heavy atom. The molecule has 5 rings (SSSR count). The van der Waals surface area contributed by atoms with Crippen molar-refractivity contribution in [3.8, 4) is 5.75 Å². The number of ether oxygens (including phenoxy) is 1. The number of aliphatic hydroxyl groups is 1. The second-order valence-corrected chi connectivity index (χ2v) is 11.3. The average molecular weight is 409 g/mol.